The van der Waals surface area contributed by atoms with Crippen molar-refractivity contribution in [1.29, 1.82) is 0 Å². The molecule has 0 aliphatic heterocycles. The van der Waals surface area contributed by atoms with Crippen LogP contribution in [0.1, 0.15) is 16.1 Å². The summed E-state index contributed by atoms with van der Waals surface area (Å²) in [6, 6.07) is 1.56. The van der Waals surface area contributed by atoms with Crippen LogP contribution in [-0.2, 0) is 0 Å². The van der Waals surface area contributed by atoms with Crippen molar-refractivity contribution in [2.75, 3.05) is 0 Å². The molecule has 5 heteroatoms. The average Bonchev–Trinajstić information content (AvgIpc) is 2.08. The maximum absolute atomic E-state index is 10.8. The van der Waals surface area contributed by atoms with Gasteiger partial charge in [-0.3, -0.25) is 10.0 Å². The van der Waals surface area contributed by atoms with Gasteiger partial charge >= 0.3 is 0 Å². The fourth-order valence-corrected chi connectivity index (χ4v) is 0.770. The summed E-state index contributed by atoms with van der Waals surface area (Å²) in [5.74, 6) is -1.04. The zero-order valence-corrected chi connectivity index (χ0v) is 6.40. The molecule has 0 saturated heterocycles. The van der Waals surface area contributed by atoms with Crippen molar-refractivity contribution in [3.05, 3.63) is 23.5 Å². The number of aryl methyl sites for hydroxylation is 1. The molecule has 0 spiro atoms. The predicted octanol–water partition coefficient (Wildman–Crippen LogP) is 0.215. The highest BCUT2D eigenvalue weighted by atomic mass is 16.5. The summed E-state index contributed by atoms with van der Waals surface area (Å²) in [6.45, 7) is 1.63. The van der Waals surface area contributed by atoms with Gasteiger partial charge in [0.25, 0.3) is 5.91 Å². The fraction of sp³-hybridized carbons (Fsp3) is 0.143. The maximum Gasteiger partial charge on any atom is 0.297 e. The molecule has 3 N–H and O–H groups in total. The Kier molecular flexibility index (Phi) is 2.25. The van der Waals surface area contributed by atoms with Crippen molar-refractivity contribution in [2.45, 2.75) is 6.92 Å². The summed E-state index contributed by atoms with van der Waals surface area (Å²) < 4.78 is 0. The molecule has 0 fully saturated rings. The molecule has 1 amide bonds. The number of hydrogen-bond acceptors (Lipinski definition) is 4. The minimum atomic E-state index is -0.823. The highest BCUT2D eigenvalue weighted by Gasteiger charge is 2.12. The lowest BCUT2D eigenvalue weighted by Gasteiger charge is -2.02. The highest BCUT2D eigenvalue weighted by molar-refractivity contribution is 5.94. The van der Waals surface area contributed by atoms with E-state index in [1.165, 1.54) is 11.7 Å². The van der Waals surface area contributed by atoms with Crippen molar-refractivity contribution in [3.63, 3.8) is 0 Å². The number of pyridine rings is 1. The van der Waals surface area contributed by atoms with Crippen LogP contribution in [0.25, 0.3) is 0 Å². The van der Waals surface area contributed by atoms with Crippen LogP contribution < -0.4 is 5.48 Å². The minimum Gasteiger partial charge on any atom is -0.505 e. The molecule has 0 aliphatic carbocycles. The molecule has 5 nitrogen and oxygen atoms in total. The van der Waals surface area contributed by atoms with E-state index in [1.807, 2.05) is 0 Å². The van der Waals surface area contributed by atoms with Crippen LogP contribution in [0.5, 0.6) is 5.75 Å². The van der Waals surface area contributed by atoms with Crippen LogP contribution in [-0.4, -0.2) is 21.2 Å². The maximum atomic E-state index is 10.8. The molecular formula is C7H8N2O3. The van der Waals surface area contributed by atoms with E-state index in [0.29, 0.717) is 5.56 Å². The first-order valence-corrected chi connectivity index (χ1v) is 3.26. The van der Waals surface area contributed by atoms with Crippen LogP contribution in [0.15, 0.2) is 12.3 Å². The van der Waals surface area contributed by atoms with E-state index in [1.54, 1.807) is 13.0 Å². The molecule has 1 rings (SSSR count). The van der Waals surface area contributed by atoms with E-state index in [9.17, 15) is 9.90 Å². The molecule has 0 aromatic carbocycles. The number of aromatic hydroxyl groups is 1. The lowest BCUT2D eigenvalue weighted by atomic mass is 10.2. The number of nitrogens with one attached hydrogen (secondary N) is 1. The number of amides is 1. The summed E-state index contributed by atoms with van der Waals surface area (Å²) in [7, 11) is 0. The Balaban J connectivity index is 3.16. The van der Waals surface area contributed by atoms with E-state index in [2.05, 4.69) is 4.98 Å². The van der Waals surface area contributed by atoms with Gasteiger partial charge in [0, 0.05) is 6.20 Å². The molecule has 1 aromatic rings. The Morgan fingerprint density at radius 3 is 2.92 bits per heavy atom. The largest absolute Gasteiger partial charge is 0.505 e. The monoisotopic (exact) mass is 168 g/mol. The molecule has 0 aliphatic rings. The quantitative estimate of drug-likeness (QED) is 0.413. The number of hydroxylamine groups is 1. The fourth-order valence-electron chi connectivity index (χ4n) is 0.770. The molecule has 1 aromatic heterocycles. The average molecular weight is 168 g/mol. The van der Waals surface area contributed by atoms with Crippen LogP contribution in [0.3, 0.4) is 0 Å². The second-order valence-corrected chi connectivity index (χ2v) is 2.27. The third kappa shape index (κ3) is 1.35. The summed E-state index contributed by atoms with van der Waals surface area (Å²) in [6.07, 6.45) is 1.37. The summed E-state index contributed by atoms with van der Waals surface area (Å²) in [4.78, 5) is 14.4. The van der Waals surface area contributed by atoms with E-state index in [-0.39, 0.29) is 11.4 Å². The van der Waals surface area contributed by atoms with Crippen molar-refractivity contribution in [2.24, 2.45) is 0 Å². The zero-order chi connectivity index (χ0) is 9.14. The van der Waals surface area contributed by atoms with Gasteiger partial charge in [-0.15, -0.1) is 0 Å². The second-order valence-electron chi connectivity index (χ2n) is 2.27. The Hall–Kier alpha value is -1.62. The lowest BCUT2D eigenvalue weighted by molar-refractivity contribution is 0.0697. The third-order valence-corrected chi connectivity index (χ3v) is 1.44. The van der Waals surface area contributed by atoms with E-state index in [4.69, 9.17) is 5.21 Å². The van der Waals surface area contributed by atoms with Crippen LogP contribution >= 0.6 is 0 Å². The molecule has 0 saturated carbocycles. The van der Waals surface area contributed by atoms with Gasteiger partial charge < -0.3 is 5.11 Å². The van der Waals surface area contributed by atoms with Crippen molar-refractivity contribution < 1.29 is 15.1 Å². The number of nitrogens with zero attached hydrogens (tertiary/aromatic N) is 1. The van der Waals surface area contributed by atoms with Gasteiger partial charge in [0.1, 0.15) is 5.75 Å². The summed E-state index contributed by atoms with van der Waals surface area (Å²) >= 11 is 0. The Labute approximate surface area is 68.6 Å². The summed E-state index contributed by atoms with van der Waals surface area (Å²) in [5.41, 5.74) is 1.74. The number of aromatic nitrogens is 1. The molecule has 0 radical (unpaired) electrons. The van der Waals surface area contributed by atoms with Gasteiger partial charge in [-0.25, -0.2) is 10.5 Å². The van der Waals surface area contributed by atoms with Gasteiger partial charge in [0.2, 0.25) is 0 Å². The van der Waals surface area contributed by atoms with E-state index < -0.39 is 5.91 Å². The van der Waals surface area contributed by atoms with Gasteiger partial charge in [-0.2, -0.15) is 0 Å². The third-order valence-electron chi connectivity index (χ3n) is 1.44. The molecule has 12 heavy (non-hydrogen) atoms. The molecule has 0 atom stereocenters. The molecular weight excluding hydrogens is 160 g/mol. The first-order valence-electron chi connectivity index (χ1n) is 3.26. The normalized spacial score (nSPS) is 9.50. The van der Waals surface area contributed by atoms with Crippen molar-refractivity contribution >= 4 is 5.91 Å². The van der Waals surface area contributed by atoms with Gasteiger partial charge in [0.15, 0.2) is 5.69 Å². The SMILES string of the molecule is Cc1ccnc(C(=O)NO)c1O. The minimum absolute atomic E-state index is 0.183. The Morgan fingerprint density at radius 1 is 1.67 bits per heavy atom. The van der Waals surface area contributed by atoms with Crippen LogP contribution in [0.2, 0.25) is 0 Å². The predicted molar refractivity (Wildman–Crippen MR) is 39.9 cm³/mol. The van der Waals surface area contributed by atoms with Gasteiger partial charge in [-0.1, -0.05) is 0 Å². The molecule has 0 unspecified atom stereocenters. The van der Waals surface area contributed by atoms with Crippen LogP contribution in [0.4, 0.5) is 0 Å². The van der Waals surface area contributed by atoms with E-state index >= 15 is 0 Å². The molecule has 0 bridgehead atoms. The number of carbonyl (C=O) groups is 1. The Bertz CT molecular complexity index is 312. The molecule has 64 valence electrons. The first-order chi connectivity index (χ1) is 5.66. The zero-order valence-electron chi connectivity index (χ0n) is 6.40. The lowest BCUT2D eigenvalue weighted by Crippen LogP contribution is -2.20. The van der Waals surface area contributed by atoms with Crippen LogP contribution in [0, 0.1) is 6.92 Å². The molecule has 1 heterocycles. The topological polar surface area (TPSA) is 82.5 Å². The highest BCUT2D eigenvalue weighted by Crippen LogP contribution is 2.18. The smallest absolute Gasteiger partial charge is 0.297 e. The van der Waals surface area contributed by atoms with Gasteiger partial charge in [0.05, 0.1) is 0 Å². The first kappa shape index (κ1) is 8.48. The van der Waals surface area contributed by atoms with Crippen molar-refractivity contribution in [3.8, 4) is 5.75 Å². The summed E-state index contributed by atoms with van der Waals surface area (Å²) in [5, 5.41) is 17.5. The number of rotatable bonds is 1. The number of carbonyl (C=O) groups excluding carboxylic acids is 1. The number of hydrogen-bond donors (Lipinski definition) is 3. The Morgan fingerprint density at radius 2 is 2.33 bits per heavy atom. The second kappa shape index (κ2) is 3.19. The standard InChI is InChI=1S/C7H8N2O3/c1-4-2-3-8-5(6(4)10)7(11)9-12/h2-3,10,12H,1H3,(H,9,11). The van der Waals surface area contributed by atoms with Gasteiger partial charge in [-0.05, 0) is 18.6 Å². The van der Waals surface area contributed by atoms with Crippen molar-refractivity contribution in [1.82, 2.24) is 10.5 Å². The van der Waals surface area contributed by atoms with E-state index in [0.717, 1.165) is 0 Å².